The Morgan fingerprint density at radius 2 is 2.10 bits per heavy atom. The summed E-state index contributed by atoms with van der Waals surface area (Å²) in [6.07, 6.45) is 1.90. The van der Waals surface area contributed by atoms with E-state index in [2.05, 4.69) is 5.32 Å². The van der Waals surface area contributed by atoms with Gasteiger partial charge in [0, 0.05) is 6.54 Å². The van der Waals surface area contributed by atoms with Gasteiger partial charge in [-0.15, -0.1) is 0 Å². The fourth-order valence-corrected chi connectivity index (χ4v) is 2.22. The zero-order chi connectivity index (χ0) is 15.3. The van der Waals surface area contributed by atoms with Gasteiger partial charge in [-0.2, -0.15) is 0 Å². The highest BCUT2D eigenvalue weighted by Crippen LogP contribution is 2.17. The van der Waals surface area contributed by atoms with E-state index in [1.807, 2.05) is 13.8 Å². The number of nitrogens with one attached hydrogen (secondary N) is 1. The fourth-order valence-electron chi connectivity index (χ4n) is 2.22. The van der Waals surface area contributed by atoms with Crippen molar-refractivity contribution in [1.82, 2.24) is 10.2 Å². The molecule has 0 spiro atoms. The van der Waals surface area contributed by atoms with Crippen LogP contribution in [0.5, 0.6) is 0 Å². The number of carboxylic acids is 1. The Hall–Kier alpha value is -1.63. The van der Waals surface area contributed by atoms with E-state index in [9.17, 15) is 14.4 Å². The standard InChI is InChI=1S/C13H23N3O4/c1-3-8(2)11(14)12(18)15-7-10(17)16-6-4-5-9(16)13(19)20/h8-9,11H,3-7,14H2,1-2H3,(H,15,18)(H,19,20)/t8-,9+,11-/m0/s1. The predicted molar refractivity (Wildman–Crippen MR) is 72.8 cm³/mol. The third-order valence-corrected chi connectivity index (χ3v) is 3.83. The first-order chi connectivity index (χ1) is 9.38. The molecule has 1 aliphatic rings. The average Bonchev–Trinajstić information content (AvgIpc) is 2.92. The first-order valence-electron chi connectivity index (χ1n) is 6.94. The van der Waals surface area contributed by atoms with Crippen LogP contribution in [0.15, 0.2) is 0 Å². The van der Waals surface area contributed by atoms with Gasteiger partial charge in [0.25, 0.3) is 0 Å². The quantitative estimate of drug-likeness (QED) is 0.612. The van der Waals surface area contributed by atoms with Crippen LogP contribution in [0.1, 0.15) is 33.1 Å². The third-order valence-electron chi connectivity index (χ3n) is 3.83. The van der Waals surface area contributed by atoms with Crippen molar-refractivity contribution < 1.29 is 19.5 Å². The van der Waals surface area contributed by atoms with Crippen LogP contribution in [-0.4, -0.2) is 53.0 Å². The summed E-state index contributed by atoms with van der Waals surface area (Å²) in [6.45, 7) is 4.02. The first kappa shape index (κ1) is 16.4. The number of hydrogen-bond acceptors (Lipinski definition) is 4. The number of carbonyl (C=O) groups is 3. The molecule has 0 unspecified atom stereocenters. The van der Waals surface area contributed by atoms with Crippen molar-refractivity contribution in [2.45, 2.75) is 45.2 Å². The normalized spacial score (nSPS) is 21.4. The van der Waals surface area contributed by atoms with Gasteiger partial charge in [0.05, 0.1) is 12.6 Å². The second kappa shape index (κ2) is 7.23. The lowest BCUT2D eigenvalue weighted by molar-refractivity contribution is -0.148. The van der Waals surface area contributed by atoms with Crippen molar-refractivity contribution in [2.75, 3.05) is 13.1 Å². The number of likely N-dealkylation sites (tertiary alicyclic amines) is 1. The van der Waals surface area contributed by atoms with Crippen LogP contribution in [0.4, 0.5) is 0 Å². The minimum Gasteiger partial charge on any atom is -0.480 e. The summed E-state index contributed by atoms with van der Waals surface area (Å²) in [5.74, 6) is -1.72. The van der Waals surface area contributed by atoms with Crippen molar-refractivity contribution in [3.8, 4) is 0 Å². The van der Waals surface area contributed by atoms with E-state index >= 15 is 0 Å². The van der Waals surface area contributed by atoms with Gasteiger partial charge in [-0.05, 0) is 18.8 Å². The van der Waals surface area contributed by atoms with Crippen LogP contribution in [0.25, 0.3) is 0 Å². The number of rotatable bonds is 6. The largest absolute Gasteiger partial charge is 0.480 e. The number of hydrogen-bond donors (Lipinski definition) is 3. The van der Waals surface area contributed by atoms with Gasteiger partial charge in [0.15, 0.2) is 0 Å². The summed E-state index contributed by atoms with van der Waals surface area (Å²) >= 11 is 0. The van der Waals surface area contributed by atoms with Gasteiger partial charge in [-0.3, -0.25) is 9.59 Å². The zero-order valence-corrected chi connectivity index (χ0v) is 12.0. The van der Waals surface area contributed by atoms with E-state index in [4.69, 9.17) is 10.8 Å². The lowest BCUT2D eigenvalue weighted by Gasteiger charge is -2.22. The molecule has 0 bridgehead atoms. The topological polar surface area (TPSA) is 113 Å². The first-order valence-corrected chi connectivity index (χ1v) is 6.94. The molecule has 1 heterocycles. The second-order valence-corrected chi connectivity index (χ2v) is 5.21. The van der Waals surface area contributed by atoms with Crippen LogP contribution in [0.2, 0.25) is 0 Å². The molecule has 1 saturated heterocycles. The maximum Gasteiger partial charge on any atom is 0.326 e. The molecule has 1 fully saturated rings. The monoisotopic (exact) mass is 285 g/mol. The molecule has 0 aliphatic carbocycles. The molecule has 1 rings (SSSR count). The lowest BCUT2D eigenvalue weighted by Crippen LogP contribution is -2.50. The molecule has 4 N–H and O–H groups in total. The van der Waals surface area contributed by atoms with E-state index in [1.165, 1.54) is 4.90 Å². The molecule has 0 aromatic carbocycles. The van der Waals surface area contributed by atoms with E-state index in [0.717, 1.165) is 6.42 Å². The molecule has 20 heavy (non-hydrogen) atoms. The Morgan fingerprint density at radius 1 is 1.45 bits per heavy atom. The fraction of sp³-hybridized carbons (Fsp3) is 0.769. The summed E-state index contributed by atoms with van der Waals surface area (Å²) in [5, 5.41) is 11.5. The number of nitrogens with two attached hydrogens (primary N) is 1. The van der Waals surface area contributed by atoms with Crippen LogP contribution in [0, 0.1) is 5.92 Å². The molecular formula is C13H23N3O4. The van der Waals surface area contributed by atoms with E-state index in [0.29, 0.717) is 19.4 Å². The molecule has 0 radical (unpaired) electrons. The van der Waals surface area contributed by atoms with Crippen molar-refractivity contribution >= 4 is 17.8 Å². The Kier molecular flexibility index (Phi) is 5.94. The molecule has 3 atom stereocenters. The Bertz CT molecular complexity index is 386. The lowest BCUT2D eigenvalue weighted by atomic mass is 9.99. The van der Waals surface area contributed by atoms with Gasteiger partial charge in [-0.1, -0.05) is 20.3 Å². The summed E-state index contributed by atoms with van der Waals surface area (Å²) in [4.78, 5) is 36.0. The van der Waals surface area contributed by atoms with Gasteiger partial charge >= 0.3 is 5.97 Å². The molecule has 0 saturated carbocycles. The molecule has 2 amide bonds. The van der Waals surface area contributed by atoms with Crippen LogP contribution < -0.4 is 11.1 Å². The van der Waals surface area contributed by atoms with Gasteiger partial charge in [-0.25, -0.2) is 4.79 Å². The minimum atomic E-state index is -1.00. The van der Waals surface area contributed by atoms with Gasteiger partial charge in [0.2, 0.25) is 11.8 Å². The van der Waals surface area contributed by atoms with E-state index in [-0.39, 0.29) is 24.3 Å². The maximum atomic E-state index is 11.9. The maximum absolute atomic E-state index is 11.9. The molecular weight excluding hydrogens is 262 g/mol. The summed E-state index contributed by atoms with van der Waals surface area (Å²) in [6, 6.07) is -1.43. The SMILES string of the molecule is CC[C@H](C)[C@H](N)C(=O)NCC(=O)N1CCC[C@@H]1C(=O)O. The van der Waals surface area contributed by atoms with Gasteiger partial charge < -0.3 is 21.1 Å². The summed E-state index contributed by atoms with van der Waals surface area (Å²) < 4.78 is 0. The molecule has 0 aromatic rings. The number of nitrogens with zero attached hydrogens (tertiary/aromatic N) is 1. The molecule has 7 heteroatoms. The summed E-state index contributed by atoms with van der Waals surface area (Å²) in [5.41, 5.74) is 5.76. The van der Waals surface area contributed by atoms with Crippen LogP contribution in [-0.2, 0) is 14.4 Å². The third kappa shape index (κ3) is 3.93. The van der Waals surface area contributed by atoms with Crippen molar-refractivity contribution in [2.24, 2.45) is 11.7 Å². The summed E-state index contributed by atoms with van der Waals surface area (Å²) in [7, 11) is 0. The number of aliphatic carboxylic acids is 1. The predicted octanol–water partition coefficient (Wildman–Crippen LogP) is -0.448. The Labute approximate surface area is 118 Å². The number of carbonyl (C=O) groups excluding carboxylic acids is 2. The molecule has 0 aromatic heterocycles. The molecule has 114 valence electrons. The van der Waals surface area contributed by atoms with E-state index in [1.54, 1.807) is 0 Å². The van der Waals surface area contributed by atoms with E-state index < -0.39 is 18.1 Å². The Morgan fingerprint density at radius 3 is 2.65 bits per heavy atom. The highest BCUT2D eigenvalue weighted by atomic mass is 16.4. The molecule has 1 aliphatic heterocycles. The van der Waals surface area contributed by atoms with Crippen molar-refractivity contribution in [1.29, 1.82) is 0 Å². The van der Waals surface area contributed by atoms with Crippen LogP contribution in [0.3, 0.4) is 0 Å². The highest BCUT2D eigenvalue weighted by molar-refractivity contribution is 5.89. The van der Waals surface area contributed by atoms with Gasteiger partial charge in [0.1, 0.15) is 6.04 Å². The second-order valence-electron chi connectivity index (χ2n) is 5.21. The molecule has 7 nitrogen and oxygen atoms in total. The van der Waals surface area contributed by atoms with Crippen LogP contribution >= 0.6 is 0 Å². The highest BCUT2D eigenvalue weighted by Gasteiger charge is 2.34. The number of amides is 2. The smallest absolute Gasteiger partial charge is 0.326 e. The van der Waals surface area contributed by atoms with Crippen molar-refractivity contribution in [3.05, 3.63) is 0 Å². The van der Waals surface area contributed by atoms with Crippen molar-refractivity contribution in [3.63, 3.8) is 0 Å². The zero-order valence-electron chi connectivity index (χ0n) is 12.0. The Balaban J connectivity index is 2.47. The number of carboxylic acid groups (broad SMARTS) is 1. The average molecular weight is 285 g/mol. The minimum absolute atomic E-state index is 0.0312.